The fourth-order valence-electron chi connectivity index (χ4n) is 8.83. The molecule has 0 bridgehead atoms. The van der Waals surface area contributed by atoms with Gasteiger partial charge in [0.1, 0.15) is 12.7 Å². The predicted molar refractivity (Wildman–Crippen MR) is 274 cm³/mol. The van der Waals surface area contributed by atoms with Crippen molar-refractivity contribution in [2.45, 2.75) is 52.4 Å². The third kappa shape index (κ3) is 13.1. The van der Waals surface area contributed by atoms with Crippen molar-refractivity contribution in [1.82, 2.24) is 39.7 Å². The molecule has 2 aliphatic heterocycles. The third-order valence-electron chi connectivity index (χ3n) is 12.4. The van der Waals surface area contributed by atoms with E-state index < -0.39 is 23.6 Å². The lowest BCUT2D eigenvalue weighted by molar-refractivity contribution is -0.134. The minimum Gasteiger partial charge on any atom is -0.493 e. The number of aryl methyl sites for hydroxylation is 2. The Kier molecular flexibility index (Phi) is 17.3. The number of likely N-dealkylation sites (tertiary alicyclic amines) is 2. The number of aliphatic carboxylic acids is 2. The molecule has 20 heteroatoms. The first-order valence-electron chi connectivity index (χ1n) is 24.3. The third-order valence-corrected chi connectivity index (χ3v) is 12.4. The minimum atomic E-state index is -1.26. The summed E-state index contributed by atoms with van der Waals surface area (Å²) in [5.41, 5.74) is 4.47. The van der Waals surface area contributed by atoms with E-state index in [1.807, 2.05) is 26.0 Å². The molecule has 4 aromatic heterocycles. The van der Waals surface area contributed by atoms with E-state index in [0.717, 1.165) is 48.4 Å². The standard InChI is InChI=1S/2C25H27FN4O3.C4H4O4/c2*1-16-12-17-19(29-16)6-7-21(24(17)26)33-25-18-13-22(31-2)23(14-20(18)27-15-28-25)32-11-5-10-30-8-3-4-9-30;5-3(6)1-2-4(7)8/h2*6-7,12-15,29H,3-5,8-11H2,1-2H3;1-2H,(H,5,6)(H,7,8)/b;;2-1-. The number of rotatable bonds is 18. The molecule has 0 saturated carbocycles. The zero-order chi connectivity index (χ0) is 52.1. The second-order valence-corrected chi connectivity index (χ2v) is 17.7. The Morgan fingerprint density at radius 1 is 0.568 bits per heavy atom. The lowest BCUT2D eigenvalue weighted by Gasteiger charge is -2.16. The first-order valence-corrected chi connectivity index (χ1v) is 24.3. The molecule has 6 heterocycles. The second kappa shape index (κ2) is 24.5. The Morgan fingerprint density at radius 2 is 0.973 bits per heavy atom. The fourth-order valence-corrected chi connectivity index (χ4v) is 8.83. The van der Waals surface area contributed by atoms with Gasteiger partial charge in [0, 0.05) is 70.6 Å². The van der Waals surface area contributed by atoms with Gasteiger partial charge in [-0.1, -0.05) is 0 Å². The van der Waals surface area contributed by atoms with Crippen LogP contribution in [0.5, 0.6) is 46.3 Å². The van der Waals surface area contributed by atoms with Gasteiger partial charge in [-0.2, -0.15) is 0 Å². The number of carboxylic acid groups (broad SMARTS) is 2. The zero-order valence-corrected chi connectivity index (χ0v) is 41.6. The Morgan fingerprint density at radius 3 is 1.35 bits per heavy atom. The van der Waals surface area contributed by atoms with E-state index in [9.17, 15) is 9.59 Å². The molecule has 4 N–H and O–H groups in total. The van der Waals surface area contributed by atoms with Gasteiger partial charge in [0.05, 0.1) is 49.2 Å². The van der Waals surface area contributed by atoms with E-state index in [2.05, 4.69) is 39.7 Å². The van der Waals surface area contributed by atoms with Gasteiger partial charge in [0.2, 0.25) is 11.8 Å². The van der Waals surface area contributed by atoms with Crippen LogP contribution >= 0.6 is 0 Å². The lowest BCUT2D eigenvalue weighted by Crippen LogP contribution is -2.21. The van der Waals surface area contributed by atoms with Gasteiger partial charge in [-0.25, -0.2) is 38.3 Å². The highest BCUT2D eigenvalue weighted by molar-refractivity contribution is 5.90. The number of fused-ring (bicyclic) bond motifs is 4. The SMILES string of the molecule is COc1cc2c(Oc3ccc4[nH]c(C)cc4c3F)ncnc2cc1OCCCN1CCCC1.COc1cc2c(Oc3ccc4[nH]c(C)cc4c3F)ncnc2cc1OCCCN1CCCC1.O=C(O)/C=C\C(=O)O. The van der Waals surface area contributed by atoms with Gasteiger partial charge < -0.3 is 58.4 Å². The van der Waals surface area contributed by atoms with Crippen LogP contribution in [0.1, 0.15) is 49.9 Å². The molecule has 0 unspecified atom stereocenters. The van der Waals surface area contributed by atoms with Crippen LogP contribution in [0, 0.1) is 25.5 Å². The first kappa shape index (κ1) is 52.2. The summed E-state index contributed by atoms with van der Waals surface area (Å²) in [5.74, 6) is -0.333. The van der Waals surface area contributed by atoms with Gasteiger partial charge in [-0.05, 0) is 127 Å². The van der Waals surface area contributed by atoms with Crippen molar-refractivity contribution in [3.8, 4) is 46.3 Å². The zero-order valence-electron chi connectivity index (χ0n) is 41.6. The van der Waals surface area contributed by atoms with Gasteiger partial charge >= 0.3 is 11.9 Å². The topological polar surface area (TPSA) is 220 Å². The summed E-state index contributed by atoms with van der Waals surface area (Å²) in [6.07, 6.45) is 10.9. The quantitative estimate of drug-likeness (QED) is 0.0464. The van der Waals surface area contributed by atoms with Crippen molar-refractivity contribution >= 4 is 55.6 Å². The van der Waals surface area contributed by atoms with Crippen molar-refractivity contribution in [2.24, 2.45) is 0 Å². The number of aromatic amines is 2. The number of nitrogens with one attached hydrogen (secondary N) is 2. The molecular weight excluding hydrogens is 959 g/mol. The molecule has 8 aromatic rings. The summed E-state index contributed by atoms with van der Waals surface area (Å²) in [7, 11) is 3.18. The van der Waals surface area contributed by atoms with Crippen LogP contribution in [0.15, 0.2) is 85.5 Å². The van der Waals surface area contributed by atoms with E-state index in [4.69, 9.17) is 38.6 Å². The van der Waals surface area contributed by atoms with Crippen LogP contribution in [-0.4, -0.2) is 129 Å². The average Bonchev–Trinajstić information content (AvgIpc) is 4.25. The summed E-state index contributed by atoms with van der Waals surface area (Å²) in [4.78, 5) is 47.5. The van der Waals surface area contributed by atoms with E-state index in [-0.39, 0.29) is 23.3 Å². The predicted octanol–water partition coefficient (Wildman–Crippen LogP) is 10.2. The number of aromatic nitrogens is 6. The summed E-state index contributed by atoms with van der Waals surface area (Å²) >= 11 is 0. The molecule has 18 nitrogen and oxygen atoms in total. The number of hydrogen-bond acceptors (Lipinski definition) is 14. The van der Waals surface area contributed by atoms with Gasteiger partial charge in [-0.3, -0.25) is 0 Å². The number of benzene rings is 4. The fraction of sp³-hybridized carbons (Fsp3) is 0.333. The maximum absolute atomic E-state index is 15.0. The summed E-state index contributed by atoms with van der Waals surface area (Å²) in [5, 5.41) is 17.8. The molecule has 2 saturated heterocycles. The number of halogens is 2. The maximum atomic E-state index is 15.0. The number of H-pyrrole nitrogens is 2. The van der Waals surface area contributed by atoms with E-state index in [1.54, 1.807) is 62.8 Å². The van der Waals surface area contributed by atoms with Crippen LogP contribution < -0.4 is 28.4 Å². The second-order valence-electron chi connectivity index (χ2n) is 17.7. The molecule has 4 aromatic carbocycles. The number of nitrogens with zero attached hydrogens (tertiary/aromatic N) is 6. The van der Waals surface area contributed by atoms with Crippen LogP contribution in [0.4, 0.5) is 8.78 Å². The number of carbonyl (C=O) groups is 2. The maximum Gasteiger partial charge on any atom is 0.328 e. The molecule has 0 radical (unpaired) electrons. The van der Waals surface area contributed by atoms with Gasteiger partial charge in [0.15, 0.2) is 46.1 Å². The van der Waals surface area contributed by atoms with Crippen molar-refractivity contribution < 1.29 is 57.0 Å². The highest BCUT2D eigenvalue weighted by atomic mass is 19.1. The van der Waals surface area contributed by atoms with Crippen molar-refractivity contribution in [1.29, 1.82) is 0 Å². The highest BCUT2D eigenvalue weighted by Crippen LogP contribution is 2.39. The van der Waals surface area contributed by atoms with E-state index in [1.165, 1.54) is 64.5 Å². The summed E-state index contributed by atoms with van der Waals surface area (Å²) in [6, 6.07) is 17.5. The molecule has 0 atom stereocenters. The Labute approximate surface area is 424 Å². The van der Waals surface area contributed by atoms with Gasteiger partial charge in [0.25, 0.3) is 0 Å². The average molecular weight is 1020 g/mol. The molecule has 0 amide bonds. The molecule has 2 fully saturated rings. The number of carboxylic acids is 2. The smallest absolute Gasteiger partial charge is 0.328 e. The molecule has 0 spiro atoms. The van der Waals surface area contributed by atoms with Gasteiger partial charge in [-0.15, -0.1) is 0 Å². The summed E-state index contributed by atoms with van der Waals surface area (Å²) in [6.45, 7) is 11.7. The number of methoxy groups -OCH3 is 2. The molecule has 388 valence electrons. The van der Waals surface area contributed by atoms with Crippen LogP contribution in [-0.2, 0) is 9.59 Å². The number of ether oxygens (including phenoxy) is 6. The Bertz CT molecular complexity index is 3060. The molecule has 0 aliphatic carbocycles. The first-order chi connectivity index (χ1) is 35.9. The van der Waals surface area contributed by atoms with Crippen LogP contribution in [0.3, 0.4) is 0 Å². The molecular formula is C54H58F2N8O10. The van der Waals surface area contributed by atoms with Crippen LogP contribution in [0.25, 0.3) is 43.6 Å². The number of hydrogen-bond donors (Lipinski definition) is 4. The van der Waals surface area contributed by atoms with E-state index >= 15 is 8.78 Å². The van der Waals surface area contributed by atoms with Crippen LogP contribution in [0.2, 0.25) is 0 Å². The Hall–Kier alpha value is -8.10. The van der Waals surface area contributed by atoms with Crippen molar-refractivity contribution in [3.05, 3.63) is 108 Å². The highest BCUT2D eigenvalue weighted by Gasteiger charge is 2.20. The monoisotopic (exact) mass is 1020 g/mol. The normalized spacial score (nSPS) is 13.8. The Balaban J connectivity index is 0.000000172. The van der Waals surface area contributed by atoms with Crippen molar-refractivity contribution in [3.63, 3.8) is 0 Å². The minimum absolute atomic E-state index is 0.0997. The van der Waals surface area contributed by atoms with Crippen molar-refractivity contribution in [2.75, 3.05) is 66.7 Å². The molecule has 2 aliphatic rings. The molecule has 10 rings (SSSR count). The molecule has 74 heavy (non-hydrogen) atoms. The largest absolute Gasteiger partial charge is 0.493 e. The lowest BCUT2D eigenvalue weighted by atomic mass is 10.2. The van der Waals surface area contributed by atoms with E-state index in [0.29, 0.717) is 80.9 Å². The summed E-state index contributed by atoms with van der Waals surface area (Å²) < 4.78 is 64.9.